The van der Waals surface area contributed by atoms with Crippen LogP contribution in [0.2, 0.25) is 0 Å². The summed E-state index contributed by atoms with van der Waals surface area (Å²) >= 11 is 0. The van der Waals surface area contributed by atoms with E-state index in [0.29, 0.717) is 10.9 Å². The molecule has 0 saturated carbocycles. The molecule has 0 aliphatic heterocycles. The fraction of sp³-hybridized carbons (Fsp3) is 0.0526. The van der Waals surface area contributed by atoms with Gasteiger partial charge < -0.3 is 10.2 Å². The third-order valence-electron chi connectivity index (χ3n) is 4.18. The Labute approximate surface area is 121 Å². The molecule has 2 nitrogen and oxygen atoms in total. The first kappa shape index (κ1) is 12.0. The molecule has 0 heterocycles. The Morgan fingerprint density at radius 3 is 2.14 bits per heavy atom. The average Bonchev–Trinajstić information content (AvgIpc) is 2.52. The van der Waals surface area contributed by atoms with Gasteiger partial charge in [0.25, 0.3) is 0 Å². The molecule has 4 rings (SSSR count). The molecular formula is C19H14O2. The molecule has 0 spiro atoms. The fourth-order valence-corrected chi connectivity index (χ4v) is 3.07. The molecule has 0 amide bonds. The Morgan fingerprint density at radius 1 is 0.619 bits per heavy atom. The van der Waals surface area contributed by atoms with Crippen molar-refractivity contribution in [2.45, 2.75) is 6.92 Å². The van der Waals surface area contributed by atoms with Crippen LogP contribution in [0.5, 0.6) is 11.5 Å². The molecule has 0 aliphatic carbocycles. The highest BCUT2D eigenvalue weighted by atomic mass is 16.3. The Hall–Kier alpha value is -2.74. The lowest BCUT2D eigenvalue weighted by molar-refractivity contribution is 0.405. The molecule has 0 atom stereocenters. The number of phenols is 2. The molecule has 0 aromatic heterocycles. The van der Waals surface area contributed by atoms with Crippen LogP contribution in [0.1, 0.15) is 5.56 Å². The Bertz CT molecular complexity index is 1020. The van der Waals surface area contributed by atoms with E-state index < -0.39 is 0 Å². The Morgan fingerprint density at radius 2 is 1.29 bits per heavy atom. The van der Waals surface area contributed by atoms with E-state index in [9.17, 15) is 10.2 Å². The van der Waals surface area contributed by atoms with E-state index >= 15 is 0 Å². The zero-order valence-corrected chi connectivity index (χ0v) is 11.6. The molecule has 0 radical (unpaired) electrons. The Kier molecular flexibility index (Phi) is 2.36. The van der Waals surface area contributed by atoms with Gasteiger partial charge in [-0.3, -0.25) is 0 Å². The van der Waals surface area contributed by atoms with Crippen LogP contribution in [0.15, 0.2) is 54.6 Å². The Balaban J connectivity index is 2.27. The number of hydrogen-bond acceptors (Lipinski definition) is 2. The minimum atomic E-state index is -0.0416. The third-order valence-corrected chi connectivity index (χ3v) is 4.18. The first-order chi connectivity index (χ1) is 10.2. The van der Waals surface area contributed by atoms with E-state index in [1.807, 2.05) is 30.3 Å². The quantitative estimate of drug-likeness (QED) is 0.355. The molecule has 4 aromatic carbocycles. The van der Waals surface area contributed by atoms with Crippen molar-refractivity contribution in [1.82, 2.24) is 0 Å². The number of hydrogen-bond donors (Lipinski definition) is 2. The van der Waals surface area contributed by atoms with Gasteiger partial charge >= 0.3 is 0 Å². The summed E-state index contributed by atoms with van der Waals surface area (Å²) in [6.45, 7) is 1.80. The summed E-state index contributed by atoms with van der Waals surface area (Å²) in [5.74, 6) is -0.0808. The molecule has 0 unspecified atom stereocenters. The SMILES string of the molecule is Cc1cc2c(ccc3c4ccccc4ccc23)c(O)c1O. The van der Waals surface area contributed by atoms with Crippen molar-refractivity contribution in [2.75, 3.05) is 0 Å². The summed E-state index contributed by atoms with van der Waals surface area (Å²) in [7, 11) is 0. The second-order valence-electron chi connectivity index (χ2n) is 5.43. The number of rotatable bonds is 0. The number of aromatic hydroxyl groups is 2. The molecule has 4 aromatic rings. The van der Waals surface area contributed by atoms with Gasteiger partial charge in [0.15, 0.2) is 11.5 Å². The summed E-state index contributed by atoms with van der Waals surface area (Å²) < 4.78 is 0. The van der Waals surface area contributed by atoms with Crippen molar-refractivity contribution < 1.29 is 10.2 Å². The topological polar surface area (TPSA) is 40.5 Å². The summed E-state index contributed by atoms with van der Waals surface area (Å²) in [6.07, 6.45) is 0. The molecule has 102 valence electrons. The standard InChI is InChI=1S/C19H14O2/c1-11-10-17-15-7-6-12-4-2-3-5-13(12)14(15)8-9-16(17)19(21)18(11)20/h2-10,20-21H,1H3. The second kappa shape index (κ2) is 4.13. The summed E-state index contributed by atoms with van der Waals surface area (Å²) in [6, 6.07) is 18.3. The largest absolute Gasteiger partial charge is 0.504 e. The van der Waals surface area contributed by atoms with Crippen molar-refractivity contribution in [3.05, 3.63) is 60.2 Å². The average molecular weight is 274 g/mol. The maximum absolute atomic E-state index is 10.2. The number of benzene rings is 4. The van der Waals surface area contributed by atoms with Crippen LogP contribution in [0.4, 0.5) is 0 Å². The smallest absolute Gasteiger partial charge is 0.165 e. The first-order valence-electron chi connectivity index (χ1n) is 6.92. The molecule has 0 bridgehead atoms. The summed E-state index contributed by atoms with van der Waals surface area (Å²) in [5, 5.41) is 26.3. The predicted molar refractivity (Wildman–Crippen MR) is 87.0 cm³/mol. The minimum absolute atomic E-state index is 0.0392. The number of phenolic OH excluding ortho intramolecular Hbond substituents is 2. The molecular weight excluding hydrogens is 260 g/mol. The van der Waals surface area contributed by atoms with Gasteiger partial charge in [-0.2, -0.15) is 0 Å². The van der Waals surface area contributed by atoms with Gasteiger partial charge in [-0.05, 0) is 51.6 Å². The highest BCUT2D eigenvalue weighted by Gasteiger charge is 2.12. The summed E-state index contributed by atoms with van der Waals surface area (Å²) in [4.78, 5) is 0. The van der Waals surface area contributed by atoms with Crippen LogP contribution in [-0.2, 0) is 0 Å². The van der Waals surface area contributed by atoms with Gasteiger partial charge in [0, 0.05) is 5.39 Å². The van der Waals surface area contributed by atoms with E-state index in [0.717, 1.165) is 16.2 Å². The zero-order valence-electron chi connectivity index (χ0n) is 11.6. The lowest BCUT2D eigenvalue weighted by Gasteiger charge is -2.11. The molecule has 2 heteroatoms. The van der Waals surface area contributed by atoms with Gasteiger partial charge in [0.2, 0.25) is 0 Å². The maximum atomic E-state index is 10.2. The maximum Gasteiger partial charge on any atom is 0.165 e. The van der Waals surface area contributed by atoms with Gasteiger partial charge in [-0.1, -0.05) is 42.5 Å². The van der Waals surface area contributed by atoms with Gasteiger partial charge in [0.1, 0.15) is 0 Å². The molecule has 21 heavy (non-hydrogen) atoms. The fourth-order valence-electron chi connectivity index (χ4n) is 3.07. The van der Waals surface area contributed by atoms with Gasteiger partial charge in [0.05, 0.1) is 0 Å². The lowest BCUT2D eigenvalue weighted by atomic mass is 9.95. The zero-order chi connectivity index (χ0) is 14.6. The predicted octanol–water partition coefficient (Wildman–Crippen LogP) is 4.87. The van der Waals surface area contributed by atoms with Crippen LogP contribution in [0.25, 0.3) is 32.3 Å². The number of fused-ring (bicyclic) bond motifs is 5. The first-order valence-corrected chi connectivity index (χ1v) is 6.92. The van der Waals surface area contributed by atoms with Crippen molar-refractivity contribution in [1.29, 1.82) is 0 Å². The summed E-state index contributed by atoms with van der Waals surface area (Å²) in [5.41, 5.74) is 0.681. The van der Waals surface area contributed by atoms with Crippen LogP contribution >= 0.6 is 0 Å². The van der Waals surface area contributed by atoms with Gasteiger partial charge in [-0.15, -0.1) is 0 Å². The van der Waals surface area contributed by atoms with E-state index in [1.165, 1.54) is 10.8 Å². The molecule has 0 aliphatic rings. The lowest BCUT2D eigenvalue weighted by Crippen LogP contribution is -1.84. The van der Waals surface area contributed by atoms with Crippen molar-refractivity contribution in [3.8, 4) is 11.5 Å². The second-order valence-corrected chi connectivity index (χ2v) is 5.43. The van der Waals surface area contributed by atoms with Crippen molar-refractivity contribution >= 4 is 32.3 Å². The van der Waals surface area contributed by atoms with Crippen LogP contribution in [0, 0.1) is 6.92 Å². The number of aryl methyl sites for hydroxylation is 1. The molecule has 0 saturated heterocycles. The highest BCUT2D eigenvalue weighted by Crippen LogP contribution is 2.40. The van der Waals surface area contributed by atoms with E-state index in [-0.39, 0.29) is 11.5 Å². The van der Waals surface area contributed by atoms with E-state index in [1.54, 1.807) is 6.92 Å². The van der Waals surface area contributed by atoms with Crippen LogP contribution in [0.3, 0.4) is 0 Å². The minimum Gasteiger partial charge on any atom is -0.504 e. The van der Waals surface area contributed by atoms with Crippen LogP contribution in [-0.4, -0.2) is 10.2 Å². The van der Waals surface area contributed by atoms with E-state index in [4.69, 9.17) is 0 Å². The normalized spacial score (nSPS) is 11.5. The highest BCUT2D eigenvalue weighted by molar-refractivity contribution is 6.18. The molecule has 2 N–H and O–H groups in total. The van der Waals surface area contributed by atoms with Crippen LogP contribution < -0.4 is 0 Å². The monoisotopic (exact) mass is 274 g/mol. The van der Waals surface area contributed by atoms with Gasteiger partial charge in [-0.25, -0.2) is 0 Å². The van der Waals surface area contributed by atoms with Crippen molar-refractivity contribution in [3.63, 3.8) is 0 Å². The molecule has 0 fully saturated rings. The van der Waals surface area contributed by atoms with E-state index in [2.05, 4.69) is 24.3 Å². The third kappa shape index (κ3) is 1.59. The van der Waals surface area contributed by atoms with Crippen molar-refractivity contribution in [2.24, 2.45) is 0 Å².